The van der Waals surface area contributed by atoms with Gasteiger partial charge in [0.05, 0.1) is 0 Å². The summed E-state index contributed by atoms with van der Waals surface area (Å²) in [6, 6.07) is 61.1. The van der Waals surface area contributed by atoms with Crippen LogP contribution < -0.4 is 21.2 Å². The van der Waals surface area contributed by atoms with Gasteiger partial charge in [-0.25, -0.2) is 24.3 Å². The Morgan fingerprint density at radius 2 is 0.681 bits per heavy atom. The van der Waals surface area contributed by atoms with Gasteiger partial charge in [0.25, 0.3) is 0 Å². The van der Waals surface area contributed by atoms with Gasteiger partial charge in [-0.3, -0.25) is 0 Å². The van der Waals surface area contributed by atoms with Gasteiger partial charge in [-0.05, 0) is 55.8 Å². The summed E-state index contributed by atoms with van der Waals surface area (Å²) in [5, 5.41) is 5.94. The van der Waals surface area contributed by atoms with Crippen LogP contribution in [0.1, 0.15) is 31.4 Å². The summed E-state index contributed by atoms with van der Waals surface area (Å²) in [4.78, 5) is 0. The van der Waals surface area contributed by atoms with Crippen LogP contribution in [0, 0.1) is 0 Å². The van der Waals surface area contributed by atoms with E-state index in [0.29, 0.717) is 12.7 Å². The molecule has 0 aliphatic heterocycles. The molecule has 252 valence electrons. The monoisotopic (exact) mass is 784 g/mol. The Bertz CT molecular complexity index is 1320. The zero-order valence-corrected chi connectivity index (χ0v) is 32.3. The first-order valence-electron chi connectivity index (χ1n) is 15.7. The van der Waals surface area contributed by atoms with Crippen molar-refractivity contribution >= 4 is 57.4 Å². The summed E-state index contributed by atoms with van der Waals surface area (Å²) >= 11 is 0.569. The molecule has 47 heavy (non-hydrogen) atoms. The van der Waals surface area contributed by atoms with E-state index in [1.54, 1.807) is 0 Å². The van der Waals surface area contributed by atoms with Crippen molar-refractivity contribution in [2.24, 2.45) is 0 Å². The van der Waals surface area contributed by atoms with Crippen LogP contribution in [0.4, 0.5) is 0 Å². The van der Waals surface area contributed by atoms with Gasteiger partial charge < -0.3 is 0 Å². The molecule has 0 aromatic heterocycles. The zero-order valence-electron chi connectivity index (χ0n) is 27.0. The van der Waals surface area contributed by atoms with Gasteiger partial charge in [-0.2, -0.15) is 35.4 Å². The van der Waals surface area contributed by atoms with Crippen LogP contribution >= 0.6 is 36.2 Å². The van der Waals surface area contributed by atoms with Crippen molar-refractivity contribution in [1.82, 2.24) is 0 Å². The quantitative estimate of drug-likeness (QED) is 0.0737. The van der Waals surface area contributed by atoms with Crippen LogP contribution in [-0.4, -0.2) is 12.3 Å². The summed E-state index contributed by atoms with van der Waals surface area (Å²) in [6.45, 7) is 4.32. The molecule has 0 amide bonds. The van der Waals surface area contributed by atoms with Gasteiger partial charge in [-0.15, -0.1) is 0 Å². The smallest absolute Gasteiger partial charge is 0.0622 e. The first-order valence-corrected chi connectivity index (χ1v) is 21.5. The molecule has 0 spiro atoms. The Hall–Kier alpha value is -1.99. The van der Waals surface area contributed by atoms with Crippen LogP contribution in [0.3, 0.4) is 0 Å². The van der Waals surface area contributed by atoms with E-state index in [1.807, 2.05) is 0 Å². The molecule has 0 aliphatic rings. The van der Waals surface area contributed by atoms with Crippen molar-refractivity contribution in [3.8, 4) is 0 Å². The average Bonchev–Trinajstić information content (AvgIpc) is 3.86. The molecule has 0 nitrogen and oxygen atoms in total. The number of halogens is 2. The molecular weight excluding hydrogens is 743 g/mol. The molecule has 0 atom stereocenters. The number of benzene rings is 4. The van der Waals surface area contributed by atoms with E-state index in [9.17, 15) is 0 Å². The SMILES string of the molecule is CC[c-]1cccc1.CC[c-]1cccc1.[Cl][Ni][Cl].[Ni+2].c1ccc(P(CCCP(c2ccccc2)c2ccccc2)c2ccccc2)cc1. The van der Waals surface area contributed by atoms with Crippen LogP contribution in [-0.2, 0) is 42.0 Å². The van der Waals surface area contributed by atoms with Crippen molar-refractivity contribution in [1.29, 1.82) is 0 Å². The van der Waals surface area contributed by atoms with Gasteiger partial charge in [0.1, 0.15) is 0 Å². The fourth-order valence-electron chi connectivity index (χ4n) is 4.93. The van der Waals surface area contributed by atoms with Crippen molar-refractivity contribution in [2.75, 3.05) is 12.3 Å². The van der Waals surface area contributed by atoms with Crippen molar-refractivity contribution in [3.05, 3.63) is 181 Å². The normalized spacial score (nSPS) is 10.1. The van der Waals surface area contributed by atoms with Crippen LogP contribution in [0.15, 0.2) is 170 Å². The standard InChI is InChI=1S/C27H26P2.2C7H9.2ClH.2Ni/c1-5-14-24(15-6-1)28(25-16-7-2-8-17-25)22-13-23-29(26-18-9-3-10-19-26)27-20-11-4-12-21-27;2*1-2-7-5-3-4-6-7;;;;/h1-12,14-21H,13,22-23H2;2*3-6H,2H2,1H3;2*1H;;/q;2*-1;;;2*+2/p-2. The number of rotatable bonds is 10. The minimum Gasteiger partial charge on any atom is -0.0622 e. The molecule has 0 N–H and O–H groups in total. The largest absolute Gasteiger partial charge is 2.00 e. The molecule has 0 radical (unpaired) electrons. The van der Waals surface area contributed by atoms with E-state index in [-0.39, 0.29) is 32.3 Å². The van der Waals surface area contributed by atoms with Gasteiger partial charge >= 0.3 is 49.5 Å². The summed E-state index contributed by atoms with van der Waals surface area (Å²) in [6.07, 6.45) is 6.04. The summed E-state index contributed by atoms with van der Waals surface area (Å²) in [5.41, 5.74) is 2.86. The molecule has 0 bridgehead atoms. The summed E-state index contributed by atoms with van der Waals surface area (Å²) in [7, 11) is 8.78. The fourth-order valence-corrected chi connectivity index (χ4v) is 9.89. The van der Waals surface area contributed by atoms with E-state index >= 15 is 0 Å². The van der Waals surface area contributed by atoms with E-state index in [4.69, 9.17) is 20.4 Å². The van der Waals surface area contributed by atoms with Crippen molar-refractivity contribution < 1.29 is 29.1 Å². The maximum atomic E-state index is 4.70. The fraction of sp³-hybridized carbons (Fsp3) is 0.171. The Morgan fingerprint density at radius 1 is 0.447 bits per heavy atom. The van der Waals surface area contributed by atoms with E-state index in [0.717, 1.165) is 12.8 Å². The molecule has 0 unspecified atom stereocenters. The molecule has 0 aliphatic carbocycles. The summed E-state index contributed by atoms with van der Waals surface area (Å²) < 4.78 is 0. The Morgan fingerprint density at radius 3 is 0.872 bits per heavy atom. The second kappa shape index (κ2) is 25.9. The van der Waals surface area contributed by atoms with Gasteiger partial charge in [0.2, 0.25) is 0 Å². The van der Waals surface area contributed by atoms with E-state index < -0.39 is 0 Å². The maximum Gasteiger partial charge on any atom is 2.00 e. The molecule has 0 saturated heterocycles. The van der Waals surface area contributed by atoms with Crippen molar-refractivity contribution in [2.45, 2.75) is 33.1 Å². The van der Waals surface area contributed by atoms with Crippen LogP contribution in [0.25, 0.3) is 0 Å². The van der Waals surface area contributed by atoms with Gasteiger partial charge in [0.15, 0.2) is 0 Å². The molecule has 6 rings (SSSR count). The van der Waals surface area contributed by atoms with Gasteiger partial charge in [0, 0.05) is 0 Å². The minimum absolute atomic E-state index is 0. The molecule has 6 aromatic carbocycles. The molecule has 6 heteroatoms. The minimum atomic E-state index is -0.309. The van der Waals surface area contributed by atoms with E-state index in [2.05, 4.69) is 184 Å². The number of hydrogen-bond acceptors (Lipinski definition) is 0. The summed E-state index contributed by atoms with van der Waals surface area (Å²) in [5.74, 6) is 0. The van der Waals surface area contributed by atoms with Crippen LogP contribution in [0.5, 0.6) is 0 Å². The Labute approximate surface area is 310 Å². The Balaban J connectivity index is 0.000000348. The first-order chi connectivity index (χ1) is 22.7. The maximum absolute atomic E-state index is 4.70. The van der Waals surface area contributed by atoms with E-state index in [1.165, 1.54) is 51.1 Å². The second-order valence-corrected chi connectivity index (χ2v) is 16.6. The molecule has 0 heterocycles. The third kappa shape index (κ3) is 15.8. The first kappa shape index (κ1) is 41.2. The third-order valence-corrected chi connectivity index (χ3v) is 12.5. The molecule has 0 saturated carbocycles. The second-order valence-electron chi connectivity index (χ2n) is 10.3. The molecule has 0 fully saturated rings. The topological polar surface area (TPSA) is 0 Å². The predicted octanol–water partition coefficient (Wildman–Crippen LogP) is 11.0. The average molecular weight is 787 g/mol. The predicted molar refractivity (Wildman–Crippen MR) is 207 cm³/mol. The van der Waals surface area contributed by atoms with Gasteiger partial charge in [-0.1, -0.05) is 148 Å². The number of aryl methyl sites for hydroxylation is 2. The van der Waals surface area contributed by atoms with Crippen LogP contribution in [0.2, 0.25) is 0 Å². The number of hydrogen-bond donors (Lipinski definition) is 0. The zero-order chi connectivity index (χ0) is 32.7. The molecule has 6 aromatic rings. The third-order valence-electron chi connectivity index (χ3n) is 7.31. The molecular formula is C41H44Cl2Ni2P2. The Kier molecular flexibility index (Phi) is 22.7. The van der Waals surface area contributed by atoms with Crippen molar-refractivity contribution in [3.63, 3.8) is 0 Å².